The Balaban J connectivity index is 1.26. The SMILES string of the molecule is Cc1cccc(C)c1-n1cc(-c2cccc(Oc3cccc(C4(c5ccccn5)c5cc(C(C)(C)C)ccc5-c5ccc(C(C)(C)C)cc54)c3)c2)nn1. The van der Waals surface area contributed by atoms with E-state index in [2.05, 4.69) is 151 Å². The van der Waals surface area contributed by atoms with Crippen LogP contribution in [0.15, 0.2) is 134 Å². The minimum absolute atomic E-state index is 0.0314. The molecular weight excluding hydrogens is 649 g/mol. The zero-order valence-electron chi connectivity index (χ0n) is 31.9. The number of aryl methyl sites for hydroxylation is 2. The van der Waals surface area contributed by atoms with Crippen molar-refractivity contribution in [2.45, 2.75) is 71.6 Å². The zero-order chi connectivity index (χ0) is 37.1. The van der Waals surface area contributed by atoms with E-state index in [4.69, 9.17) is 9.72 Å². The third kappa shape index (κ3) is 5.94. The van der Waals surface area contributed by atoms with Gasteiger partial charge in [0.05, 0.1) is 23.0 Å². The molecule has 0 saturated carbocycles. The van der Waals surface area contributed by atoms with Gasteiger partial charge in [-0.15, -0.1) is 5.10 Å². The maximum Gasteiger partial charge on any atom is 0.128 e. The van der Waals surface area contributed by atoms with Gasteiger partial charge in [-0.25, -0.2) is 4.68 Å². The van der Waals surface area contributed by atoms with Crippen molar-refractivity contribution in [2.24, 2.45) is 0 Å². The quantitative estimate of drug-likeness (QED) is 0.174. The van der Waals surface area contributed by atoms with E-state index >= 15 is 0 Å². The predicted octanol–water partition coefficient (Wildman–Crippen LogP) is 11.7. The maximum atomic E-state index is 6.71. The van der Waals surface area contributed by atoms with Crippen molar-refractivity contribution in [3.8, 4) is 39.6 Å². The fourth-order valence-corrected chi connectivity index (χ4v) is 7.90. The van der Waals surface area contributed by atoms with Gasteiger partial charge < -0.3 is 4.74 Å². The number of pyridine rings is 1. The Labute approximate surface area is 313 Å². The third-order valence-corrected chi connectivity index (χ3v) is 10.7. The molecule has 264 valence electrons. The summed E-state index contributed by atoms with van der Waals surface area (Å²) >= 11 is 0. The third-order valence-electron chi connectivity index (χ3n) is 10.7. The summed E-state index contributed by atoms with van der Waals surface area (Å²) in [5.41, 5.74) is 14.0. The Bertz CT molecular complexity index is 2400. The molecule has 0 unspecified atom stereocenters. The van der Waals surface area contributed by atoms with Gasteiger partial charge >= 0.3 is 0 Å². The van der Waals surface area contributed by atoms with Crippen molar-refractivity contribution < 1.29 is 4.74 Å². The van der Waals surface area contributed by atoms with Gasteiger partial charge in [-0.2, -0.15) is 0 Å². The van der Waals surface area contributed by atoms with Crippen LogP contribution in [0.5, 0.6) is 11.5 Å². The van der Waals surface area contributed by atoms with Crippen molar-refractivity contribution in [2.75, 3.05) is 0 Å². The first-order valence-corrected chi connectivity index (χ1v) is 18.4. The molecule has 0 bridgehead atoms. The molecule has 0 atom stereocenters. The molecule has 2 heterocycles. The fourth-order valence-electron chi connectivity index (χ4n) is 7.90. The number of benzene rings is 5. The summed E-state index contributed by atoms with van der Waals surface area (Å²) in [6.45, 7) is 17.9. The Hall–Kier alpha value is -5.81. The monoisotopic (exact) mass is 694 g/mol. The number of aromatic nitrogens is 4. The molecule has 5 heteroatoms. The van der Waals surface area contributed by atoms with Crippen LogP contribution in [0.4, 0.5) is 0 Å². The van der Waals surface area contributed by atoms with Crippen LogP contribution in [0.2, 0.25) is 0 Å². The second kappa shape index (κ2) is 12.7. The minimum atomic E-state index is -0.665. The van der Waals surface area contributed by atoms with Crippen molar-refractivity contribution in [1.82, 2.24) is 20.0 Å². The van der Waals surface area contributed by atoms with Crippen LogP contribution in [0.25, 0.3) is 28.1 Å². The van der Waals surface area contributed by atoms with Gasteiger partial charge in [0.1, 0.15) is 17.2 Å². The van der Waals surface area contributed by atoms with Crippen LogP contribution in [0, 0.1) is 13.8 Å². The van der Waals surface area contributed by atoms with Gasteiger partial charge in [0.25, 0.3) is 0 Å². The van der Waals surface area contributed by atoms with Gasteiger partial charge in [0.15, 0.2) is 0 Å². The Morgan fingerprint density at radius 3 is 1.81 bits per heavy atom. The molecule has 0 saturated heterocycles. The van der Waals surface area contributed by atoms with Crippen molar-refractivity contribution in [1.29, 1.82) is 0 Å². The average Bonchev–Trinajstić information content (AvgIpc) is 3.73. The number of ether oxygens (including phenoxy) is 1. The lowest BCUT2D eigenvalue weighted by atomic mass is 9.68. The molecule has 2 aromatic heterocycles. The number of hydrogen-bond donors (Lipinski definition) is 0. The Morgan fingerprint density at radius 2 is 1.21 bits per heavy atom. The highest BCUT2D eigenvalue weighted by Gasteiger charge is 2.48. The normalized spacial score (nSPS) is 13.4. The molecule has 7 aromatic rings. The lowest BCUT2D eigenvalue weighted by Crippen LogP contribution is -2.30. The molecular formula is C48H46N4O. The molecule has 0 N–H and O–H groups in total. The number of nitrogens with zero attached hydrogens (tertiary/aromatic N) is 4. The number of hydrogen-bond acceptors (Lipinski definition) is 4. The van der Waals surface area contributed by atoms with Crippen LogP contribution in [0.1, 0.15) is 86.2 Å². The summed E-state index contributed by atoms with van der Waals surface area (Å²) in [6.07, 6.45) is 3.90. The summed E-state index contributed by atoms with van der Waals surface area (Å²) in [5.74, 6) is 1.48. The maximum absolute atomic E-state index is 6.71. The lowest BCUT2D eigenvalue weighted by molar-refractivity contribution is 0.481. The van der Waals surface area contributed by atoms with Gasteiger partial charge in [-0.1, -0.05) is 132 Å². The average molecular weight is 695 g/mol. The smallest absolute Gasteiger partial charge is 0.128 e. The lowest BCUT2D eigenvalue weighted by Gasteiger charge is -2.34. The van der Waals surface area contributed by atoms with Gasteiger partial charge in [0, 0.05) is 11.8 Å². The second-order valence-corrected chi connectivity index (χ2v) is 16.4. The summed E-state index contributed by atoms with van der Waals surface area (Å²) in [5, 5.41) is 9.03. The first-order chi connectivity index (χ1) is 25.3. The van der Waals surface area contributed by atoms with E-state index in [-0.39, 0.29) is 10.8 Å². The number of para-hydroxylation sites is 1. The first-order valence-electron chi connectivity index (χ1n) is 18.4. The van der Waals surface area contributed by atoms with Gasteiger partial charge in [-0.05, 0) is 111 Å². The summed E-state index contributed by atoms with van der Waals surface area (Å²) < 4.78 is 8.57. The standard InChI is InChI=1S/C48H46N4O/c1-31-14-11-15-32(2)45(31)52-30-43(50-51-52)33-16-12-18-37(26-33)53-38-19-13-17-36(27-38)48(44-20-9-10-25-49-44)41-28-34(46(3,4)5)21-23-39(41)40-24-22-35(29-42(40)48)47(6,7)8/h9-30H,1-8H3. The van der Waals surface area contributed by atoms with Crippen molar-refractivity contribution >= 4 is 0 Å². The summed E-state index contributed by atoms with van der Waals surface area (Å²) in [4.78, 5) is 5.13. The first kappa shape index (κ1) is 34.3. The zero-order valence-corrected chi connectivity index (χ0v) is 31.9. The van der Waals surface area contributed by atoms with Crippen molar-refractivity contribution in [3.63, 3.8) is 0 Å². The molecule has 1 aliphatic rings. The molecule has 0 spiro atoms. The molecule has 0 amide bonds. The molecule has 5 aromatic carbocycles. The van der Waals surface area contributed by atoms with E-state index in [1.54, 1.807) is 0 Å². The molecule has 0 fully saturated rings. The predicted molar refractivity (Wildman–Crippen MR) is 215 cm³/mol. The summed E-state index contributed by atoms with van der Waals surface area (Å²) in [6, 6.07) is 43.3. The second-order valence-electron chi connectivity index (χ2n) is 16.4. The molecule has 8 rings (SSSR count). The van der Waals surface area contributed by atoms with Crippen LogP contribution in [-0.2, 0) is 16.2 Å². The van der Waals surface area contributed by atoms with E-state index in [9.17, 15) is 0 Å². The Morgan fingerprint density at radius 1 is 0.604 bits per heavy atom. The molecule has 5 nitrogen and oxygen atoms in total. The molecule has 1 aliphatic carbocycles. The summed E-state index contributed by atoms with van der Waals surface area (Å²) in [7, 11) is 0. The highest BCUT2D eigenvalue weighted by molar-refractivity contribution is 5.86. The van der Waals surface area contributed by atoms with E-state index in [1.807, 2.05) is 53.5 Å². The van der Waals surface area contributed by atoms with Crippen LogP contribution < -0.4 is 4.74 Å². The largest absolute Gasteiger partial charge is 0.457 e. The minimum Gasteiger partial charge on any atom is -0.457 e. The van der Waals surface area contributed by atoms with E-state index in [0.29, 0.717) is 0 Å². The molecule has 0 aliphatic heterocycles. The van der Waals surface area contributed by atoms with Crippen LogP contribution in [-0.4, -0.2) is 20.0 Å². The number of rotatable bonds is 6. The fraction of sp³-hybridized carbons (Fsp3) is 0.229. The van der Waals surface area contributed by atoms with E-state index in [1.165, 1.54) is 33.4 Å². The van der Waals surface area contributed by atoms with Gasteiger partial charge in [-0.3, -0.25) is 4.98 Å². The van der Waals surface area contributed by atoms with Gasteiger partial charge in [0.2, 0.25) is 0 Å². The number of fused-ring (bicyclic) bond motifs is 3. The molecule has 0 radical (unpaired) electrons. The van der Waals surface area contributed by atoms with Crippen LogP contribution >= 0.6 is 0 Å². The van der Waals surface area contributed by atoms with E-state index < -0.39 is 5.41 Å². The molecule has 53 heavy (non-hydrogen) atoms. The highest BCUT2D eigenvalue weighted by Crippen LogP contribution is 2.57. The van der Waals surface area contributed by atoms with Crippen LogP contribution in [0.3, 0.4) is 0 Å². The topological polar surface area (TPSA) is 52.8 Å². The van der Waals surface area contributed by atoms with Crippen molar-refractivity contribution in [3.05, 3.63) is 178 Å². The van der Waals surface area contributed by atoms with E-state index in [0.717, 1.165) is 50.8 Å². The highest BCUT2D eigenvalue weighted by atomic mass is 16.5. The Kier molecular flexibility index (Phi) is 8.21.